The standard InChI is InChI=1S/C56H79N3O10/c1-34-28-37(4)48(62)45(68-10)31-35(2)29-40-47(42(61)33-41(49(40)63)59-50(64)36(3)16-15-17-43(67-9)44(30-34)69-51(57)65)58-27-14-12-11-13-21-56(66)26-24-54(7)46-19-18-38-32-39(60)20-22-52(38,5)53(46,6)23-25-55(54,56)8/h15-17,28,32-33,35,37,43-46,48,58,62,66H,11-12,14,18-20,22-27,29-31H2,1-10H3,(H2,57,65)(H,59,64)/b17-15-,34-28+,36-16+/t35-,37+,43-,44-,45-,46?,48-,52-,53-,54-,55-,56-/m0/s1. The van der Waals surface area contributed by atoms with Crippen LogP contribution in [0.25, 0.3) is 0 Å². The van der Waals surface area contributed by atoms with Gasteiger partial charge in [-0.05, 0) is 119 Å². The summed E-state index contributed by atoms with van der Waals surface area (Å²) in [6.07, 6.45) is 15.3. The number of hydrogen-bond acceptors (Lipinski definition) is 11. The van der Waals surface area contributed by atoms with E-state index in [1.54, 1.807) is 19.1 Å². The second-order valence-corrected chi connectivity index (χ2v) is 22.1. The summed E-state index contributed by atoms with van der Waals surface area (Å²) in [7, 11) is 2.98. The van der Waals surface area contributed by atoms with Gasteiger partial charge in [0.1, 0.15) is 17.8 Å². The van der Waals surface area contributed by atoms with Crippen LogP contribution in [-0.2, 0) is 33.4 Å². The molecule has 6 aliphatic rings. The Kier molecular flexibility index (Phi) is 16.7. The summed E-state index contributed by atoms with van der Waals surface area (Å²) < 4.78 is 16.9. The van der Waals surface area contributed by atoms with Gasteiger partial charge in [0.25, 0.3) is 5.91 Å². The average Bonchev–Trinajstić information content (AvgIpc) is 3.50. The molecule has 1 aliphatic heterocycles. The zero-order valence-electron chi connectivity index (χ0n) is 42.8. The molecule has 5 aliphatic carbocycles. The molecule has 0 spiro atoms. The molecule has 13 heteroatoms. The topological polar surface area (TPSA) is 204 Å². The van der Waals surface area contributed by atoms with Gasteiger partial charge >= 0.3 is 6.09 Å². The number of aliphatic hydroxyl groups is 2. The molecule has 2 bridgehead atoms. The molecule has 0 aromatic heterocycles. The third-order valence-corrected chi connectivity index (χ3v) is 18.0. The maximum absolute atomic E-state index is 14.3. The Hall–Kier alpha value is -4.61. The van der Waals surface area contributed by atoms with Crippen LogP contribution in [0.4, 0.5) is 4.79 Å². The number of aliphatic hydroxyl groups excluding tert-OH is 1. The van der Waals surface area contributed by atoms with Gasteiger partial charge in [0, 0.05) is 68.6 Å². The highest BCUT2D eigenvalue weighted by molar-refractivity contribution is 6.23. The van der Waals surface area contributed by atoms with Gasteiger partial charge in [0.05, 0.1) is 23.6 Å². The van der Waals surface area contributed by atoms with Gasteiger partial charge in [-0.1, -0.05) is 82.9 Å². The summed E-state index contributed by atoms with van der Waals surface area (Å²) in [5.74, 6) is 5.33. The molecule has 0 aromatic rings. The molecule has 1 unspecified atom stereocenters. The number of rotatable bonds is 8. The molecule has 1 heterocycles. The molecular weight excluding hydrogens is 875 g/mol. The van der Waals surface area contributed by atoms with Crippen molar-refractivity contribution in [2.75, 3.05) is 20.8 Å². The Morgan fingerprint density at radius 2 is 1.65 bits per heavy atom. The highest BCUT2D eigenvalue weighted by atomic mass is 16.6. The van der Waals surface area contributed by atoms with E-state index >= 15 is 0 Å². The lowest BCUT2D eigenvalue weighted by Gasteiger charge is -2.68. The van der Waals surface area contributed by atoms with E-state index in [1.165, 1.54) is 25.9 Å². The first-order valence-electron chi connectivity index (χ1n) is 25.2. The van der Waals surface area contributed by atoms with Gasteiger partial charge in [-0.25, -0.2) is 4.79 Å². The minimum Gasteiger partial charge on any atom is -0.443 e. The molecule has 3 fully saturated rings. The normalized spacial score (nSPS) is 39.9. The minimum absolute atomic E-state index is 0.00667. The molecule has 2 amide bonds. The number of allylic oxidation sites excluding steroid dienone is 5. The Bertz CT molecular complexity index is 2300. The van der Waals surface area contributed by atoms with Gasteiger partial charge in [-0.2, -0.15) is 0 Å². The molecule has 0 aromatic carbocycles. The number of carbonyl (C=O) groups excluding carboxylic acids is 5. The van der Waals surface area contributed by atoms with E-state index in [1.807, 2.05) is 32.9 Å². The maximum Gasteiger partial charge on any atom is 0.404 e. The smallest absolute Gasteiger partial charge is 0.404 e. The number of Topliss-reactive ketones (excluding diaryl/α,β-unsaturated/α-hetero) is 1. The van der Waals surface area contributed by atoms with Crippen LogP contribution < -0.4 is 16.4 Å². The second kappa shape index (κ2) is 21.4. The molecule has 6 rings (SSSR count). The number of nitrogens with one attached hydrogen (secondary N) is 2. The second-order valence-electron chi connectivity index (χ2n) is 22.1. The Morgan fingerprint density at radius 3 is 2.35 bits per heavy atom. The van der Waals surface area contributed by atoms with E-state index in [0.717, 1.165) is 50.2 Å². The number of ketones is 3. The largest absolute Gasteiger partial charge is 0.443 e. The van der Waals surface area contributed by atoms with Crippen molar-refractivity contribution in [1.29, 1.82) is 0 Å². The van der Waals surface area contributed by atoms with Gasteiger partial charge < -0.3 is 40.8 Å². The predicted octanol–water partition coefficient (Wildman–Crippen LogP) is 7.96. The van der Waals surface area contributed by atoms with Crippen molar-refractivity contribution >= 4 is 29.4 Å². The number of amides is 2. The average molecular weight is 954 g/mol. The van der Waals surface area contributed by atoms with E-state index in [4.69, 9.17) is 19.9 Å². The van der Waals surface area contributed by atoms with Crippen LogP contribution in [-0.4, -0.2) is 90.3 Å². The number of unbranched alkanes of at least 4 members (excludes halogenated alkanes) is 2. The molecule has 3 saturated carbocycles. The van der Waals surface area contributed by atoms with Crippen LogP contribution in [0.5, 0.6) is 0 Å². The number of primary amides is 1. The number of ether oxygens (including phenoxy) is 3. The highest BCUT2D eigenvalue weighted by Crippen LogP contribution is 2.76. The SMILES string of the molecule is CO[C@H]1/C=C\C=C(/C)C(=O)NC2=CC(=O)C(NCCCCC#C[C@]3(O)CC[C@@]4(C)C5CCC6=CC(=O)CC[C@]6(C)[C@@]5(C)CC[C@@]43C)=C(C[C@H](C)C[C@H](OC)[C@@H](O)[C@H](C)/C=C(\C)C[C@@H]1OC(N)=O)C2=O. The summed E-state index contributed by atoms with van der Waals surface area (Å²) in [4.78, 5) is 65.9. The zero-order chi connectivity index (χ0) is 50.7. The third kappa shape index (κ3) is 10.6. The first-order chi connectivity index (χ1) is 32.5. The third-order valence-electron chi connectivity index (χ3n) is 18.0. The molecule has 69 heavy (non-hydrogen) atoms. The molecule has 0 radical (unpaired) electrons. The fraction of sp³-hybridized carbons (Fsp3) is 0.661. The van der Waals surface area contributed by atoms with E-state index < -0.39 is 53.6 Å². The van der Waals surface area contributed by atoms with Gasteiger partial charge in [-0.3, -0.25) is 19.2 Å². The van der Waals surface area contributed by atoms with E-state index in [2.05, 4.69) is 50.2 Å². The monoisotopic (exact) mass is 954 g/mol. The Labute approximate surface area is 410 Å². The quantitative estimate of drug-likeness (QED) is 0.0684. The minimum atomic E-state index is -1.10. The van der Waals surface area contributed by atoms with Gasteiger partial charge in [0.15, 0.2) is 5.78 Å². The van der Waals surface area contributed by atoms with E-state index in [9.17, 15) is 34.2 Å². The number of carbonyl (C=O) groups is 5. The molecule has 6 N–H and O–H groups in total. The fourth-order valence-electron chi connectivity index (χ4n) is 13.4. The lowest BCUT2D eigenvalue weighted by molar-refractivity contribution is -0.188. The molecule has 12 atom stereocenters. The van der Waals surface area contributed by atoms with Crippen molar-refractivity contribution in [3.05, 3.63) is 70.1 Å². The Morgan fingerprint density at radius 1 is 0.928 bits per heavy atom. The van der Waals surface area contributed by atoms with Crippen molar-refractivity contribution < 1.29 is 48.4 Å². The lowest BCUT2D eigenvalue weighted by atomic mass is 9.36. The summed E-state index contributed by atoms with van der Waals surface area (Å²) in [5.41, 5.74) is 6.59. The number of nitrogens with two attached hydrogens (primary N) is 1. The fourth-order valence-corrected chi connectivity index (χ4v) is 13.4. The summed E-state index contributed by atoms with van der Waals surface area (Å²) >= 11 is 0. The highest BCUT2D eigenvalue weighted by Gasteiger charge is 2.72. The van der Waals surface area contributed by atoms with Crippen LogP contribution in [0.15, 0.2) is 70.1 Å². The summed E-state index contributed by atoms with van der Waals surface area (Å²) in [5, 5.41) is 29.9. The van der Waals surface area contributed by atoms with Crippen LogP contribution in [0.3, 0.4) is 0 Å². The van der Waals surface area contributed by atoms with Crippen molar-refractivity contribution in [3.8, 4) is 11.8 Å². The van der Waals surface area contributed by atoms with Crippen LogP contribution in [0, 0.1) is 51.3 Å². The van der Waals surface area contributed by atoms with E-state index in [-0.39, 0.29) is 74.7 Å². The number of fused-ring (bicyclic) bond motifs is 7. The lowest BCUT2D eigenvalue weighted by Crippen LogP contribution is -2.63. The number of hydrogen-bond donors (Lipinski definition) is 5. The Balaban J connectivity index is 1.15. The number of methoxy groups -OCH3 is 2. The van der Waals surface area contributed by atoms with Crippen molar-refractivity contribution in [3.63, 3.8) is 0 Å². The first-order valence-corrected chi connectivity index (χ1v) is 25.2. The summed E-state index contributed by atoms with van der Waals surface area (Å²) in [6.45, 7) is 17.1. The molecule has 13 nitrogen and oxygen atoms in total. The van der Waals surface area contributed by atoms with Crippen LogP contribution in [0.2, 0.25) is 0 Å². The van der Waals surface area contributed by atoms with Gasteiger partial charge in [-0.15, -0.1) is 5.92 Å². The molecule has 0 saturated heterocycles. The van der Waals surface area contributed by atoms with E-state index in [0.29, 0.717) is 51.0 Å². The zero-order valence-corrected chi connectivity index (χ0v) is 42.8. The van der Waals surface area contributed by atoms with Crippen molar-refractivity contribution in [1.82, 2.24) is 10.6 Å². The molecular formula is C56H79N3O10. The van der Waals surface area contributed by atoms with Crippen molar-refractivity contribution in [2.45, 2.75) is 175 Å². The van der Waals surface area contributed by atoms with Crippen LogP contribution >= 0.6 is 0 Å². The first kappa shape index (κ1) is 53.7. The summed E-state index contributed by atoms with van der Waals surface area (Å²) in [6, 6.07) is 0. The van der Waals surface area contributed by atoms with Gasteiger partial charge in [0.2, 0.25) is 11.6 Å². The van der Waals surface area contributed by atoms with Crippen molar-refractivity contribution in [2.24, 2.45) is 45.1 Å². The molecule has 378 valence electrons. The predicted molar refractivity (Wildman–Crippen MR) is 265 cm³/mol. The maximum atomic E-state index is 14.3. The van der Waals surface area contributed by atoms with Crippen LogP contribution in [0.1, 0.15) is 145 Å².